The summed E-state index contributed by atoms with van der Waals surface area (Å²) in [6.45, 7) is 12.5. The van der Waals surface area contributed by atoms with E-state index in [4.69, 9.17) is 5.11 Å². The lowest BCUT2D eigenvalue weighted by Crippen LogP contribution is -2.35. The maximum atomic E-state index is 8.88. The first-order valence-corrected chi connectivity index (χ1v) is 7.86. The summed E-state index contributed by atoms with van der Waals surface area (Å²) in [5.41, 5.74) is 0. The van der Waals surface area contributed by atoms with Gasteiger partial charge in [0.15, 0.2) is 0 Å². The highest BCUT2D eigenvalue weighted by atomic mass is 32.2. The zero-order valence-electron chi connectivity index (χ0n) is 12.1. The third-order valence-electron chi connectivity index (χ3n) is 2.97. The Labute approximate surface area is 112 Å². The first-order valence-electron chi connectivity index (χ1n) is 6.68. The van der Waals surface area contributed by atoms with Gasteiger partial charge >= 0.3 is 0 Å². The Morgan fingerprint density at radius 1 is 0.941 bits per heavy atom. The van der Waals surface area contributed by atoms with E-state index in [9.17, 15) is 0 Å². The standard InChI is InChI=1S/C13H30N2OS/c1-12(2)14(9-7-11-16)8-6-10-15(17-5)13(3)4/h12-13,16H,6-11H2,1-5H3. The van der Waals surface area contributed by atoms with E-state index >= 15 is 0 Å². The Hall–Kier alpha value is 0.230. The summed E-state index contributed by atoms with van der Waals surface area (Å²) in [4.78, 5) is 2.45. The molecule has 3 nitrogen and oxygen atoms in total. The minimum Gasteiger partial charge on any atom is -0.396 e. The molecule has 0 aromatic carbocycles. The smallest absolute Gasteiger partial charge is 0.0443 e. The highest BCUT2D eigenvalue weighted by molar-refractivity contribution is 7.96. The summed E-state index contributed by atoms with van der Waals surface area (Å²) in [5.74, 6) is 0. The van der Waals surface area contributed by atoms with Gasteiger partial charge in [0, 0.05) is 31.8 Å². The van der Waals surface area contributed by atoms with E-state index in [1.54, 1.807) is 0 Å². The lowest BCUT2D eigenvalue weighted by molar-refractivity contribution is 0.185. The van der Waals surface area contributed by atoms with E-state index in [0.717, 1.165) is 26.1 Å². The van der Waals surface area contributed by atoms with Crippen molar-refractivity contribution in [2.45, 2.75) is 52.6 Å². The first-order chi connectivity index (χ1) is 8.02. The Morgan fingerprint density at radius 3 is 1.94 bits per heavy atom. The minimum atomic E-state index is 0.298. The highest BCUT2D eigenvalue weighted by Gasteiger charge is 2.11. The van der Waals surface area contributed by atoms with Crippen LogP contribution in [0.3, 0.4) is 0 Å². The van der Waals surface area contributed by atoms with Crippen LogP contribution in [-0.4, -0.2) is 58.9 Å². The maximum Gasteiger partial charge on any atom is 0.0443 e. The van der Waals surface area contributed by atoms with Crippen LogP contribution in [0.2, 0.25) is 0 Å². The van der Waals surface area contributed by atoms with Gasteiger partial charge in [-0.15, -0.1) is 0 Å². The molecule has 0 saturated carbocycles. The van der Waals surface area contributed by atoms with E-state index in [2.05, 4.69) is 43.2 Å². The molecule has 4 heteroatoms. The van der Waals surface area contributed by atoms with E-state index < -0.39 is 0 Å². The van der Waals surface area contributed by atoms with Crippen molar-refractivity contribution in [3.8, 4) is 0 Å². The average Bonchev–Trinajstić information content (AvgIpc) is 2.27. The molecular weight excluding hydrogens is 232 g/mol. The molecule has 0 radical (unpaired) electrons. The van der Waals surface area contributed by atoms with Crippen LogP contribution in [0, 0.1) is 0 Å². The molecule has 0 aliphatic carbocycles. The van der Waals surface area contributed by atoms with Crippen LogP contribution in [0.25, 0.3) is 0 Å². The fraction of sp³-hybridized carbons (Fsp3) is 1.00. The number of nitrogens with zero attached hydrogens (tertiary/aromatic N) is 2. The van der Waals surface area contributed by atoms with Gasteiger partial charge < -0.3 is 10.0 Å². The molecule has 0 spiro atoms. The number of aliphatic hydroxyl groups is 1. The lowest BCUT2D eigenvalue weighted by Gasteiger charge is -2.28. The second-order valence-corrected chi connectivity index (χ2v) is 5.81. The first kappa shape index (κ1) is 17.2. The van der Waals surface area contributed by atoms with Gasteiger partial charge in [0.1, 0.15) is 0 Å². The fourth-order valence-corrected chi connectivity index (χ4v) is 2.63. The predicted molar refractivity (Wildman–Crippen MR) is 78.4 cm³/mol. The van der Waals surface area contributed by atoms with Gasteiger partial charge in [0.2, 0.25) is 0 Å². The summed E-state index contributed by atoms with van der Waals surface area (Å²) in [5, 5.41) is 8.88. The fourth-order valence-electron chi connectivity index (χ4n) is 1.89. The Balaban J connectivity index is 3.87. The highest BCUT2D eigenvalue weighted by Crippen LogP contribution is 2.11. The Morgan fingerprint density at radius 2 is 1.53 bits per heavy atom. The lowest BCUT2D eigenvalue weighted by atomic mass is 10.2. The van der Waals surface area contributed by atoms with Crippen molar-refractivity contribution in [3.63, 3.8) is 0 Å². The third-order valence-corrected chi connectivity index (χ3v) is 4.04. The molecule has 0 fully saturated rings. The molecule has 0 aromatic heterocycles. The van der Waals surface area contributed by atoms with E-state index in [1.165, 1.54) is 6.42 Å². The van der Waals surface area contributed by atoms with Gasteiger partial charge in [-0.2, -0.15) is 0 Å². The summed E-state index contributed by atoms with van der Waals surface area (Å²) in [6, 6.07) is 1.18. The zero-order chi connectivity index (χ0) is 13.3. The second-order valence-electron chi connectivity index (χ2n) is 4.98. The quantitative estimate of drug-likeness (QED) is 0.612. The average molecular weight is 262 g/mol. The zero-order valence-corrected chi connectivity index (χ0v) is 13.0. The molecule has 0 aliphatic heterocycles. The van der Waals surface area contributed by atoms with Gasteiger partial charge in [-0.25, -0.2) is 4.31 Å². The van der Waals surface area contributed by atoms with E-state index in [0.29, 0.717) is 18.7 Å². The number of aliphatic hydroxyl groups excluding tert-OH is 1. The second kappa shape index (κ2) is 10.2. The molecule has 0 unspecified atom stereocenters. The third kappa shape index (κ3) is 8.03. The monoisotopic (exact) mass is 262 g/mol. The Bertz CT molecular complexity index is 177. The van der Waals surface area contributed by atoms with Crippen molar-refractivity contribution in [2.24, 2.45) is 0 Å². The maximum absolute atomic E-state index is 8.88. The van der Waals surface area contributed by atoms with Crippen molar-refractivity contribution in [3.05, 3.63) is 0 Å². The normalized spacial score (nSPS) is 12.4. The molecule has 0 atom stereocenters. The number of hydrogen-bond acceptors (Lipinski definition) is 4. The summed E-state index contributed by atoms with van der Waals surface area (Å²) < 4.78 is 2.42. The predicted octanol–water partition coefficient (Wildman–Crippen LogP) is 2.46. The molecule has 0 amide bonds. The van der Waals surface area contributed by atoms with Crippen LogP contribution < -0.4 is 0 Å². The van der Waals surface area contributed by atoms with Crippen LogP contribution in [0.15, 0.2) is 0 Å². The number of rotatable bonds is 10. The van der Waals surface area contributed by atoms with Gasteiger partial charge in [0.25, 0.3) is 0 Å². The molecule has 17 heavy (non-hydrogen) atoms. The van der Waals surface area contributed by atoms with Gasteiger partial charge in [-0.05, 0) is 53.3 Å². The molecule has 104 valence electrons. The molecule has 1 N–H and O–H groups in total. The Kier molecular flexibility index (Phi) is 10.3. The van der Waals surface area contributed by atoms with Crippen molar-refractivity contribution in [1.29, 1.82) is 0 Å². The molecule has 0 aliphatic rings. The summed E-state index contributed by atoms with van der Waals surface area (Å²) in [6.07, 6.45) is 4.23. The van der Waals surface area contributed by atoms with Crippen LogP contribution in [0.4, 0.5) is 0 Å². The largest absolute Gasteiger partial charge is 0.396 e. The minimum absolute atomic E-state index is 0.298. The summed E-state index contributed by atoms with van der Waals surface area (Å²) in [7, 11) is 0. The van der Waals surface area contributed by atoms with Crippen LogP contribution >= 0.6 is 11.9 Å². The SMILES string of the molecule is CSN(CCCN(CCCO)C(C)C)C(C)C. The van der Waals surface area contributed by atoms with Crippen LogP contribution in [-0.2, 0) is 0 Å². The number of hydrogen-bond donors (Lipinski definition) is 1. The molecule has 0 aromatic rings. The molecule has 0 rings (SSSR count). The van der Waals surface area contributed by atoms with E-state index in [1.807, 2.05) is 11.9 Å². The van der Waals surface area contributed by atoms with Crippen molar-refractivity contribution in [2.75, 3.05) is 32.5 Å². The van der Waals surface area contributed by atoms with Crippen LogP contribution in [0.5, 0.6) is 0 Å². The molecule has 0 saturated heterocycles. The van der Waals surface area contributed by atoms with Crippen molar-refractivity contribution >= 4 is 11.9 Å². The van der Waals surface area contributed by atoms with Crippen LogP contribution in [0.1, 0.15) is 40.5 Å². The van der Waals surface area contributed by atoms with Gasteiger partial charge in [-0.3, -0.25) is 0 Å². The van der Waals surface area contributed by atoms with E-state index in [-0.39, 0.29) is 0 Å². The van der Waals surface area contributed by atoms with Crippen molar-refractivity contribution in [1.82, 2.24) is 9.21 Å². The van der Waals surface area contributed by atoms with Gasteiger partial charge in [-0.1, -0.05) is 11.9 Å². The molecule has 0 heterocycles. The molecule has 0 bridgehead atoms. The van der Waals surface area contributed by atoms with Gasteiger partial charge in [0.05, 0.1) is 0 Å². The summed E-state index contributed by atoms with van der Waals surface area (Å²) >= 11 is 1.83. The van der Waals surface area contributed by atoms with Crippen molar-refractivity contribution < 1.29 is 5.11 Å². The molecular formula is C13H30N2OS. The topological polar surface area (TPSA) is 26.7 Å².